The summed E-state index contributed by atoms with van der Waals surface area (Å²) in [5, 5.41) is 0. The highest BCUT2D eigenvalue weighted by Crippen LogP contribution is 2.37. The molecule has 1 aliphatic heterocycles. The first-order chi connectivity index (χ1) is 11.0. The Bertz CT molecular complexity index is 731. The van der Waals surface area contributed by atoms with Gasteiger partial charge in [0.2, 0.25) is 6.10 Å². The van der Waals surface area contributed by atoms with Crippen LogP contribution in [0.1, 0.15) is 30.1 Å². The van der Waals surface area contributed by atoms with E-state index in [2.05, 4.69) is 20.7 Å². The number of aryl methyl sites for hydroxylation is 1. The standard InChI is InChI=1S/C15H16BrF3O4S/c1-9-6-11(2-3-12(9)16)14(15(17,18)19)23-13(20)7-10-4-5-24(21,22)8-10/h2-3,6,10,14H,4-5,7-8H2,1H3. The summed E-state index contributed by atoms with van der Waals surface area (Å²) in [7, 11) is -3.20. The van der Waals surface area contributed by atoms with Gasteiger partial charge in [0.15, 0.2) is 9.84 Å². The van der Waals surface area contributed by atoms with Crippen molar-refractivity contribution in [1.29, 1.82) is 0 Å². The Labute approximate surface area is 146 Å². The van der Waals surface area contributed by atoms with E-state index in [0.717, 1.165) is 0 Å². The van der Waals surface area contributed by atoms with Crippen LogP contribution in [0.5, 0.6) is 0 Å². The Kier molecular flexibility index (Phi) is 5.64. The van der Waals surface area contributed by atoms with Gasteiger partial charge in [-0.1, -0.05) is 28.1 Å². The molecule has 0 N–H and O–H groups in total. The molecule has 4 nitrogen and oxygen atoms in total. The summed E-state index contributed by atoms with van der Waals surface area (Å²) in [6, 6.07) is 4.00. The maximum Gasteiger partial charge on any atom is 0.429 e. The van der Waals surface area contributed by atoms with Crippen LogP contribution in [0.25, 0.3) is 0 Å². The van der Waals surface area contributed by atoms with Crippen LogP contribution < -0.4 is 0 Å². The minimum Gasteiger partial charge on any atom is -0.448 e. The summed E-state index contributed by atoms with van der Waals surface area (Å²) in [5.74, 6) is -1.75. The van der Waals surface area contributed by atoms with E-state index in [4.69, 9.17) is 0 Å². The van der Waals surface area contributed by atoms with Crippen LogP contribution in [-0.4, -0.2) is 32.1 Å². The van der Waals surface area contributed by atoms with Gasteiger partial charge in [0.05, 0.1) is 11.5 Å². The van der Waals surface area contributed by atoms with E-state index in [-0.39, 0.29) is 29.9 Å². The van der Waals surface area contributed by atoms with Gasteiger partial charge in [-0.15, -0.1) is 0 Å². The molecule has 1 saturated heterocycles. The summed E-state index contributed by atoms with van der Waals surface area (Å²) < 4.78 is 67.8. The molecule has 0 bridgehead atoms. The molecule has 1 heterocycles. The molecular formula is C15H16BrF3O4S. The van der Waals surface area contributed by atoms with Gasteiger partial charge in [0.1, 0.15) is 0 Å². The van der Waals surface area contributed by atoms with E-state index >= 15 is 0 Å². The molecule has 0 aliphatic carbocycles. The predicted molar refractivity (Wildman–Crippen MR) is 85.1 cm³/mol. The van der Waals surface area contributed by atoms with Crippen LogP contribution in [0.15, 0.2) is 22.7 Å². The van der Waals surface area contributed by atoms with Crippen LogP contribution in [0, 0.1) is 12.8 Å². The summed E-state index contributed by atoms with van der Waals surface area (Å²) in [6.45, 7) is 1.63. The maximum atomic E-state index is 13.3. The van der Waals surface area contributed by atoms with E-state index in [1.807, 2.05) is 0 Å². The molecule has 0 aromatic heterocycles. The number of esters is 1. The second-order valence-corrected chi connectivity index (χ2v) is 8.98. The molecule has 1 aliphatic rings. The lowest BCUT2D eigenvalue weighted by Crippen LogP contribution is -2.27. The number of rotatable bonds is 4. The number of hydrogen-bond donors (Lipinski definition) is 0. The van der Waals surface area contributed by atoms with Crippen molar-refractivity contribution in [2.24, 2.45) is 5.92 Å². The van der Waals surface area contributed by atoms with Gasteiger partial charge in [-0.05, 0) is 30.9 Å². The predicted octanol–water partition coefficient (Wildman–Crippen LogP) is 3.73. The third-order valence-electron chi connectivity index (χ3n) is 3.81. The summed E-state index contributed by atoms with van der Waals surface area (Å²) in [4.78, 5) is 11.9. The highest BCUT2D eigenvalue weighted by molar-refractivity contribution is 9.10. The molecular weight excluding hydrogens is 413 g/mol. The second-order valence-electron chi connectivity index (χ2n) is 5.89. The van der Waals surface area contributed by atoms with Crippen molar-refractivity contribution in [1.82, 2.24) is 0 Å². The van der Waals surface area contributed by atoms with Crippen molar-refractivity contribution in [2.75, 3.05) is 11.5 Å². The van der Waals surface area contributed by atoms with Crippen molar-refractivity contribution in [2.45, 2.75) is 32.0 Å². The number of carbonyl (C=O) groups excluding carboxylic acids is 1. The normalized spacial score (nSPS) is 21.5. The number of sulfone groups is 1. The summed E-state index contributed by atoms with van der Waals surface area (Å²) in [5.41, 5.74) is 0.412. The van der Waals surface area contributed by atoms with Gasteiger partial charge < -0.3 is 4.74 Å². The Morgan fingerprint density at radius 1 is 1.42 bits per heavy atom. The monoisotopic (exact) mass is 428 g/mol. The van der Waals surface area contributed by atoms with Crippen molar-refractivity contribution < 1.29 is 31.1 Å². The van der Waals surface area contributed by atoms with E-state index in [9.17, 15) is 26.4 Å². The van der Waals surface area contributed by atoms with Crippen molar-refractivity contribution in [3.05, 3.63) is 33.8 Å². The molecule has 0 amide bonds. The van der Waals surface area contributed by atoms with Gasteiger partial charge in [0, 0.05) is 16.5 Å². The molecule has 2 atom stereocenters. The zero-order chi connectivity index (χ0) is 18.1. The highest BCUT2D eigenvalue weighted by Gasteiger charge is 2.44. The highest BCUT2D eigenvalue weighted by atomic mass is 79.9. The van der Waals surface area contributed by atoms with Crippen LogP contribution in [-0.2, 0) is 19.4 Å². The summed E-state index contributed by atoms with van der Waals surface area (Å²) in [6.07, 6.45) is -7.18. The Morgan fingerprint density at radius 3 is 2.58 bits per heavy atom. The van der Waals surface area contributed by atoms with Crippen molar-refractivity contribution in [3.63, 3.8) is 0 Å². The average Bonchev–Trinajstić information content (AvgIpc) is 2.77. The number of ether oxygens (including phenoxy) is 1. The summed E-state index contributed by atoms with van der Waals surface area (Å²) >= 11 is 3.20. The first-order valence-corrected chi connectivity index (χ1v) is 9.82. The molecule has 0 saturated carbocycles. The van der Waals surface area contributed by atoms with Crippen LogP contribution >= 0.6 is 15.9 Å². The largest absolute Gasteiger partial charge is 0.448 e. The fourth-order valence-corrected chi connectivity index (χ4v) is 4.71. The molecule has 0 spiro atoms. The Hall–Kier alpha value is -1.09. The van der Waals surface area contributed by atoms with Crippen LogP contribution in [0.3, 0.4) is 0 Å². The van der Waals surface area contributed by atoms with E-state index in [0.29, 0.717) is 10.0 Å². The average molecular weight is 429 g/mol. The quantitative estimate of drug-likeness (QED) is 0.685. The SMILES string of the molecule is Cc1cc(C(OC(=O)CC2CCS(=O)(=O)C2)C(F)(F)F)ccc1Br. The lowest BCUT2D eigenvalue weighted by molar-refractivity contribution is -0.224. The van der Waals surface area contributed by atoms with Crippen molar-refractivity contribution >= 4 is 31.7 Å². The van der Waals surface area contributed by atoms with Gasteiger partial charge >= 0.3 is 12.1 Å². The number of alkyl halides is 3. The molecule has 1 aromatic rings. The fourth-order valence-electron chi connectivity index (χ4n) is 2.60. The smallest absolute Gasteiger partial charge is 0.429 e. The lowest BCUT2D eigenvalue weighted by atomic mass is 10.0. The van der Waals surface area contributed by atoms with Crippen LogP contribution in [0.4, 0.5) is 13.2 Å². The Balaban J connectivity index is 2.12. The number of halogens is 4. The van der Waals surface area contributed by atoms with E-state index in [1.165, 1.54) is 18.2 Å². The third-order valence-corrected chi connectivity index (χ3v) is 6.54. The first kappa shape index (κ1) is 19.2. The van der Waals surface area contributed by atoms with E-state index < -0.39 is 34.0 Å². The molecule has 1 aromatic carbocycles. The maximum absolute atomic E-state index is 13.3. The van der Waals surface area contributed by atoms with Gasteiger partial charge in [0.25, 0.3) is 0 Å². The molecule has 134 valence electrons. The van der Waals surface area contributed by atoms with Gasteiger partial charge in [-0.2, -0.15) is 13.2 Å². The topological polar surface area (TPSA) is 60.4 Å². The van der Waals surface area contributed by atoms with Crippen LogP contribution in [0.2, 0.25) is 0 Å². The van der Waals surface area contributed by atoms with Crippen molar-refractivity contribution in [3.8, 4) is 0 Å². The van der Waals surface area contributed by atoms with Gasteiger partial charge in [-0.3, -0.25) is 4.79 Å². The zero-order valence-electron chi connectivity index (χ0n) is 12.8. The molecule has 24 heavy (non-hydrogen) atoms. The second kappa shape index (κ2) is 7.03. The fraction of sp³-hybridized carbons (Fsp3) is 0.533. The molecule has 2 rings (SSSR count). The lowest BCUT2D eigenvalue weighted by Gasteiger charge is -2.22. The molecule has 9 heteroatoms. The number of hydrogen-bond acceptors (Lipinski definition) is 4. The molecule has 0 radical (unpaired) electrons. The Morgan fingerprint density at radius 2 is 2.08 bits per heavy atom. The van der Waals surface area contributed by atoms with E-state index in [1.54, 1.807) is 6.92 Å². The zero-order valence-corrected chi connectivity index (χ0v) is 15.2. The van der Waals surface area contributed by atoms with Gasteiger partial charge in [-0.25, -0.2) is 8.42 Å². The number of benzene rings is 1. The minimum atomic E-state index is -4.75. The third kappa shape index (κ3) is 4.95. The number of carbonyl (C=O) groups is 1. The molecule has 1 fully saturated rings. The molecule has 2 unspecified atom stereocenters. The first-order valence-electron chi connectivity index (χ1n) is 7.20. The minimum absolute atomic E-state index is 0.0421.